The smallest absolute Gasteiger partial charge is 0.284 e. The fourth-order valence-electron chi connectivity index (χ4n) is 1.54. The number of H-pyrrole nitrogens is 2. The van der Waals surface area contributed by atoms with Crippen molar-refractivity contribution in [3.8, 4) is 11.5 Å². The van der Waals surface area contributed by atoms with Gasteiger partial charge in [0.05, 0.1) is 0 Å². The molecule has 2 N–H and O–H groups in total. The first-order chi connectivity index (χ1) is 7.33. The van der Waals surface area contributed by atoms with Gasteiger partial charge in [0.25, 0.3) is 4.84 Å². The number of hydrogen-bond acceptors (Lipinski definition) is 3. The van der Waals surface area contributed by atoms with E-state index >= 15 is 0 Å². The predicted molar refractivity (Wildman–Crippen MR) is 59.0 cm³/mol. The number of aromatic nitrogens is 3. The molecule has 2 heterocycles. The third-order valence-electron chi connectivity index (χ3n) is 2.24. The summed E-state index contributed by atoms with van der Waals surface area (Å²) < 4.78 is 5.23. The number of nitrogens with one attached hydrogen (secondary N) is 2. The van der Waals surface area contributed by atoms with Crippen molar-refractivity contribution in [1.82, 2.24) is 15.2 Å². The van der Waals surface area contributed by atoms with E-state index in [2.05, 4.69) is 15.2 Å². The van der Waals surface area contributed by atoms with E-state index in [9.17, 15) is 0 Å². The van der Waals surface area contributed by atoms with Gasteiger partial charge in [0, 0.05) is 22.7 Å². The fourth-order valence-corrected chi connectivity index (χ4v) is 1.66. The Bertz CT molecular complexity index is 664. The van der Waals surface area contributed by atoms with Gasteiger partial charge in [0.15, 0.2) is 0 Å². The lowest BCUT2D eigenvalue weighted by molar-refractivity contribution is 0.552. The molecule has 3 aromatic rings. The second kappa shape index (κ2) is 3.06. The Kier molecular flexibility index (Phi) is 1.72. The summed E-state index contributed by atoms with van der Waals surface area (Å²) in [5, 5.41) is 7.69. The molecule has 1 aromatic carbocycles. The monoisotopic (exact) mass is 217 g/mol. The molecule has 4 nitrogen and oxygen atoms in total. The van der Waals surface area contributed by atoms with E-state index < -0.39 is 0 Å². The molecule has 5 heteroatoms. The summed E-state index contributed by atoms with van der Waals surface area (Å²) in [6, 6.07) is 7.92. The first-order valence-corrected chi connectivity index (χ1v) is 4.87. The molecule has 0 saturated carbocycles. The van der Waals surface area contributed by atoms with E-state index in [1.54, 1.807) is 0 Å². The average molecular weight is 217 g/mol. The highest BCUT2D eigenvalue weighted by atomic mass is 32.1. The summed E-state index contributed by atoms with van der Waals surface area (Å²) in [6.45, 7) is 0. The third kappa shape index (κ3) is 1.37. The molecule has 0 amide bonds. The number of aromatic amines is 2. The average Bonchev–Trinajstić information content (AvgIpc) is 2.84. The molecule has 15 heavy (non-hydrogen) atoms. The molecule has 0 fully saturated rings. The van der Waals surface area contributed by atoms with Gasteiger partial charge in [0.1, 0.15) is 0 Å². The van der Waals surface area contributed by atoms with E-state index in [4.69, 9.17) is 16.6 Å². The van der Waals surface area contributed by atoms with Crippen LogP contribution in [0.1, 0.15) is 0 Å². The van der Waals surface area contributed by atoms with Gasteiger partial charge in [0.2, 0.25) is 5.89 Å². The third-order valence-corrected chi connectivity index (χ3v) is 2.41. The molecule has 0 saturated heterocycles. The number of hydrogen-bond donors (Lipinski definition) is 2. The fraction of sp³-hybridized carbons (Fsp3) is 0. The number of nitrogens with zero attached hydrogens (tertiary/aromatic N) is 1. The minimum Gasteiger partial charge on any atom is -0.409 e. The van der Waals surface area contributed by atoms with E-state index in [-0.39, 0.29) is 0 Å². The Morgan fingerprint density at radius 3 is 3.00 bits per heavy atom. The van der Waals surface area contributed by atoms with Crippen molar-refractivity contribution < 1.29 is 4.42 Å². The minimum absolute atomic E-state index is 0.291. The molecule has 0 unspecified atom stereocenters. The lowest BCUT2D eigenvalue weighted by Crippen LogP contribution is -1.77. The topological polar surface area (TPSA) is 57.6 Å². The molecule has 2 aromatic heterocycles. The molecule has 0 aliphatic carbocycles. The molecule has 3 rings (SSSR count). The summed E-state index contributed by atoms with van der Waals surface area (Å²) in [4.78, 5) is 3.41. The zero-order valence-electron chi connectivity index (χ0n) is 7.65. The summed E-state index contributed by atoms with van der Waals surface area (Å²) >= 11 is 4.82. The van der Waals surface area contributed by atoms with Gasteiger partial charge < -0.3 is 9.40 Å². The van der Waals surface area contributed by atoms with Crippen LogP contribution in [0.3, 0.4) is 0 Å². The quantitative estimate of drug-likeness (QED) is 0.616. The Hall–Kier alpha value is -1.88. The normalized spacial score (nSPS) is 10.9. The van der Waals surface area contributed by atoms with Gasteiger partial charge in [-0.1, -0.05) is 0 Å². The highest BCUT2D eigenvalue weighted by molar-refractivity contribution is 7.71. The second-order valence-corrected chi connectivity index (χ2v) is 3.57. The van der Waals surface area contributed by atoms with Crippen LogP contribution in [0.15, 0.2) is 34.9 Å². The number of rotatable bonds is 1. The van der Waals surface area contributed by atoms with Crippen LogP contribution < -0.4 is 0 Å². The highest BCUT2D eigenvalue weighted by Crippen LogP contribution is 2.21. The van der Waals surface area contributed by atoms with Crippen molar-refractivity contribution in [2.45, 2.75) is 0 Å². The molecule has 0 aliphatic heterocycles. The molecule has 74 valence electrons. The van der Waals surface area contributed by atoms with Crippen LogP contribution in [0.25, 0.3) is 22.4 Å². The van der Waals surface area contributed by atoms with Crippen LogP contribution in [0, 0.1) is 4.84 Å². The molecule has 0 spiro atoms. The molecule has 0 radical (unpaired) electrons. The van der Waals surface area contributed by atoms with Crippen LogP contribution in [0.2, 0.25) is 0 Å². The van der Waals surface area contributed by atoms with E-state index in [1.807, 2.05) is 30.5 Å². The largest absolute Gasteiger partial charge is 0.409 e. The lowest BCUT2D eigenvalue weighted by atomic mass is 10.1. The standard InChI is InChI=1S/C10H7N3OS/c15-10-13-12-9(14-10)7-1-2-8-6(5-7)3-4-11-8/h1-5,11H,(H,13,15). The van der Waals surface area contributed by atoms with Gasteiger partial charge in [-0.25, -0.2) is 5.10 Å². The van der Waals surface area contributed by atoms with Crippen LogP contribution in [0.4, 0.5) is 0 Å². The summed E-state index contributed by atoms with van der Waals surface area (Å²) in [5.41, 5.74) is 2.00. The molecule has 0 atom stereocenters. The van der Waals surface area contributed by atoms with Crippen molar-refractivity contribution in [2.75, 3.05) is 0 Å². The Morgan fingerprint density at radius 1 is 1.27 bits per heavy atom. The van der Waals surface area contributed by atoms with Gasteiger partial charge in [-0.2, -0.15) is 0 Å². The van der Waals surface area contributed by atoms with Gasteiger partial charge in [-0.3, -0.25) is 0 Å². The highest BCUT2D eigenvalue weighted by Gasteiger charge is 2.04. The minimum atomic E-state index is 0.291. The maximum atomic E-state index is 5.23. The van der Waals surface area contributed by atoms with Crippen molar-refractivity contribution in [3.05, 3.63) is 35.3 Å². The van der Waals surface area contributed by atoms with Crippen molar-refractivity contribution in [1.29, 1.82) is 0 Å². The van der Waals surface area contributed by atoms with Gasteiger partial charge in [-0.05, 0) is 36.5 Å². The summed E-state index contributed by atoms with van der Waals surface area (Å²) in [5.74, 6) is 0.517. The number of benzene rings is 1. The first kappa shape index (κ1) is 8.43. The predicted octanol–water partition coefficient (Wildman–Crippen LogP) is 2.88. The SMILES string of the molecule is S=c1[nH]nc(-c2ccc3[nH]ccc3c2)o1. The van der Waals surface area contributed by atoms with Crippen molar-refractivity contribution in [3.63, 3.8) is 0 Å². The number of fused-ring (bicyclic) bond motifs is 1. The molecular weight excluding hydrogens is 210 g/mol. The van der Waals surface area contributed by atoms with Crippen LogP contribution in [0.5, 0.6) is 0 Å². The molecule has 0 aliphatic rings. The second-order valence-electron chi connectivity index (χ2n) is 3.20. The lowest BCUT2D eigenvalue weighted by Gasteiger charge is -1.94. The zero-order valence-corrected chi connectivity index (χ0v) is 8.47. The molecular formula is C10H7N3OS. The Balaban J connectivity index is 2.22. The van der Waals surface area contributed by atoms with E-state index in [0.29, 0.717) is 10.7 Å². The maximum absolute atomic E-state index is 5.23. The first-order valence-electron chi connectivity index (χ1n) is 4.46. The van der Waals surface area contributed by atoms with Crippen molar-refractivity contribution in [2.24, 2.45) is 0 Å². The molecule has 0 bridgehead atoms. The summed E-state index contributed by atoms with van der Waals surface area (Å²) in [6.07, 6.45) is 1.90. The maximum Gasteiger partial charge on any atom is 0.284 e. The van der Waals surface area contributed by atoms with E-state index in [0.717, 1.165) is 16.5 Å². The summed E-state index contributed by atoms with van der Waals surface area (Å²) in [7, 11) is 0. The van der Waals surface area contributed by atoms with Crippen LogP contribution in [-0.4, -0.2) is 15.2 Å². The Morgan fingerprint density at radius 2 is 2.20 bits per heavy atom. The Labute approximate surface area is 89.9 Å². The van der Waals surface area contributed by atoms with Gasteiger partial charge in [-0.15, -0.1) is 5.10 Å². The van der Waals surface area contributed by atoms with E-state index in [1.165, 1.54) is 0 Å². The van der Waals surface area contributed by atoms with Crippen LogP contribution >= 0.6 is 12.2 Å². The van der Waals surface area contributed by atoms with Crippen molar-refractivity contribution >= 4 is 23.1 Å². The zero-order chi connectivity index (χ0) is 10.3. The van der Waals surface area contributed by atoms with Gasteiger partial charge >= 0.3 is 0 Å². The van der Waals surface area contributed by atoms with Crippen LogP contribution in [-0.2, 0) is 0 Å².